The number of H-pyrrole nitrogens is 1. The van der Waals surface area contributed by atoms with Crippen LogP contribution in [0.3, 0.4) is 0 Å². The number of hydrogen-bond acceptors (Lipinski definition) is 10. The second-order valence-corrected chi connectivity index (χ2v) is 13.7. The predicted octanol–water partition coefficient (Wildman–Crippen LogP) is 2.85. The van der Waals surface area contributed by atoms with Gasteiger partial charge in [-0.3, -0.25) is 9.82 Å². The van der Waals surface area contributed by atoms with E-state index in [-0.39, 0.29) is 16.5 Å². The topological polar surface area (TPSA) is 182 Å². The van der Waals surface area contributed by atoms with Crippen LogP contribution < -0.4 is 4.72 Å². The monoisotopic (exact) mass is 591 g/mol. The highest BCUT2D eigenvalue weighted by Crippen LogP contribution is 2.28. The number of benzene rings is 2. The average Bonchev–Trinajstić information content (AvgIpc) is 3.45. The van der Waals surface area contributed by atoms with Crippen LogP contribution in [0.25, 0.3) is 0 Å². The summed E-state index contributed by atoms with van der Waals surface area (Å²) in [7, 11) is -12.6. The lowest BCUT2D eigenvalue weighted by Gasteiger charge is -2.06. The van der Waals surface area contributed by atoms with Gasteiger partial charge in [-0.05, 0) is 48.5 Å². The van der Waals surface area contributed by atoms with E-state index in [1.807, 2.05) is 0 Å². The lowest BCUT2D eigenvalue weighted by Crippen LogP contribution is -2.15. The molecule has 0 aliphatic heterocycles. The van der Waals surface area contributed by atoms with Crippen LogP contribution in [0.4, 0.5) is 5.69 Å². The largest absolute Gasteiger partial charge is 0.423 e. The number of nitrogens with zero attached hydrogens (tertiary/aromatic N) is 3. The highest BCUT2D eigenvalue weighted by molar-refractivity contribution is 7.94. The van der Waals surface area contributed by atoms with Crippen LogP contribution in [0.1, 0.15) is 11.8 Å². The summed E-state index contributed by atoms with van der Waals surface area (Å²) in [6, 6.07) is 11.0. The first-order valence-electron chi connectivity index (χ1n) is 9.70. The molecular weight excluding hydrogens is 577 g/mol. The minimum absolute atomic E-state index is 0.203. The van der Waals surface area contributed by atoms with Crippen molar-refractivity contribution in [3.63, 3.8) is 0 Å². The SMILES string of the molecule is O=S(=O)(Cc1nnc(CS(=O)(=O)c2cn[nH]c2S(=O)(=O)c2ccc(Cl)cc2)o1)Nc1ccc(Cl)cc1. The first-order chi connectivity index (χ1) is 16.9. The number of hydrogen-bond donors (Lipinski definition) is 2. The summed E-state index contributed by atoms with van der Waals surface area (Å²) in [5.74, 6) is -2.44. The number of sulfonamides is 1. The maximum Gasteiger partial charge on any atom is 0.241 e. The van der Waals surface area contributed by atoms with Crippen LogP contribution in [0.5, 0.6) is 0 Å². The van der Waals surface area contributed by atoms with Crippen molar-refractivity contribution in [2.45, 2.75) is 26.3 Å². The highest BCUT2D eigenvalue weighted by atomic mass is 35.5. The van der Waals surface area contributed by atoms with Gasteiger partial charge in [0.2, 0.25) is 31.6 Å². The smallest absolute Gasteiger partial charge is 0.241 e. The zero-order valence-electron chi connectivity index (χ0n) is 17.8. The Labute approximate surface area is 215 Å². The van der Waals surface area contributed by atoms with Gasteiger partial charge in [0.15, 0.2) is 14.9 Å². The minimum Gasteiger partial charge on any atom is -0.423 e. The Morgan fingerprint density at radius 3 is 1.97 bits per heavy atom. The third-order valence-electron chi connectivity index (χ3n) is 4.55. The molecule has 0 saturated heterocycles. The van der Waals surface area contributed by atoms with Crippen molar-refractivity contribution in [2.75, 3.05) is 4.72 Å². The van der Waals surface area contributed by atoms with Gasteiger partial charge in [-0.2, -0.15) is 5.10 Å². The van der Waals surface area contributed by atoms with Gasteiger partial charge in [0.1, 0.15) is 16.4 Å². The van der Waals surface area contributed by atoms with Gasteiger partial charge in [0.25, 0.3) is 0 Å². The molecule has 0 atom stereocenters. The number of anilines is 1. The molecule has 2 aromatic heterocycles. The number of aromatic nitrogens is 4. The standard InChI is InChI=1S/C19H15Cl2N5O7S3/c20-12-1-5-14(6-2-12)26-35(29,30)11-18-24-23-17(33-18)10-34(27,28)16-9-22-25-19(16)36(31,32)15-7-3-13(21)4-8-15/h1-9,26H,10-11H2,(H,22,25). The summed E-state index contributed by atoms with van der Waals surface area (Å²) < 4.78 is 84.0. The molecule has 2 heterocycles. The van der Waals surface area contributed by atoms with Gasteiger partial charge in [-0.15, -0.1) is 10.2 Å². The Kier molecular flexibility index (Phi) is 7.12. The third kappa shape index (κ3) is 5.87. The van der Waals surface area contributed by atoms with Crippen LogP contribution in [-0.4, -0.2) is 45.6 Å². The Morgan fingerprint density at radius 2 is 1.36 bits per heavy atom. The van der Waals surface area contributed by atoms with E-state index in [1.54, 1.807) is 0 Å². The number of halogens is 2. The van der Waals surface area contributed by atoms with Crippen molar-refractivity contribution >= 4 is 58.6 Å². The Balaban J connectivity index is 1.52. The average molecular weight is 592 g/mol. The molecule has 0 fully saturated rings. The molecule has 0 bridgehead atoms. The van der Waals surface area contributed by atoms with Gasteiger partial charge in [0, 0.05) is 15.7 Å². The van der Waals surface area contributed by atoms with Gasteiger partial charge >= 0.3 is 0 Å². The van der Waals surface area contributed by atoms with E-state index < -0.39 is 57.0 Å². The van der Waals surface area contributed by atoms with E-state index >= 15 is 0 Å². The molecule has 0 amide bonds. The Bertz CT molecular complexity index is 1720. The summed E-state index contributed by atoms with van der Waals surface area (Å²) in [6.07, 6.45) is 0.843. The number of rotatable bonds is 9. The van der Waals surface area contributed by atoms with E-state index in [0.29, 0.717) is 10.0 Å². The second kappa shape index (κ2) is 9.82. The maximum atomic E-state index is 13.0. The summed E-state index contributed by atoms with van der Waals surface area (Å²) >= 11 is 11.6. The molecule has 0 spiro atoms. The number of sulfone groups is 2. The fourth-order valence-electron chi connectivity index (χ4n) is 2.95. The number of aromatic amines is 1. The van der Waals surface area contributed by atoms with Crippen LogP contribution in [-0.2, 0) is 41.2 Å². The zero-order valence-corrected chi connectivity index (χ0v) is 21.8. The summed E-state index contributed by atoms with van der Waals surface area (Å²) in [4.78, 5) is -0.819. The molecule has 2 N–H and O–H groups in total. The zero-order chi connectivity index (χ0) is 26.1. The molecule has 12 nitrogen and oxygen atoms in total. The normalized spacial score (nSPS) is 12.5. The molecule has 17 heteroatoms. The van der Waals surface area contributed by atoms with E-state index in [0.717, 1.165) is 6.20 Å². The summed E-state index contributed by atoms with van der Waals surface area (Å²) in [5.41, 5.74) is 0.246. The molecule has 0 radical (unpaired) electrons. The molecule has 0 saturated carbocycles. The lowest BCUT2D eigenvalue weighted by molar-refractivity contribution is 0.472. The quantitative estimate of drug-likeness (QED) is 0.293. The molecule has 0 aliphatic rings. The molecule has 190 valence electrons. The van der Waals surface area contributed by atoms with Crippen LogP contribution >= 0.6 is 23.2 Å². The first kappa shape index (κ1) is 26.1. The predicted molar refractivity (Wildman–Crippen MR) is 128 cm³/mol. The molecule has 36 heavy (non-hydrogen) atoms. The second-order valence-electron chi connectivity index (χ2n) is 7.24. The lowest BCUT2D eigenvalue weighted by atomic mass is 10.3. The molecular formula is C19H15Cl2N5O7S3. The minimum atomic E-state index is -4.36. The molecule has 4 rings (SSSR count). The third-order valence-corrected chi connectivity index (χ3v) is 9.71. The molecule has 2 aromatic carbocycles. The van der Waals surface area contributed by atoms with Crippen molar-refractivity contribution < 1.29 is 29.7 Å². The van der Waals surface area contributed by atoms with Crippen molar-refractivity contribution in [2.24, 2.45) is 0 Å². The van der Waals surface area contributed by atoms with Gasteiger partial charge in [0.05, 0.1) is 11.1 Å². The van der Waals surface area contributed by atoms with E-state index in [4.69, 9.17) is 27.6 Å². The van der Waals surface area contributed by atoms with E-state index in [1.165, 1.54) is 48.5 Å². The van der Waals surface area contributed by atoms with Gasteiger partial charge in [-0.1, -0.05) is 23.2 Å². The van der Waals surface area contributed by atoms with Crippen molar-refractivity contribution in [3.8, 4) is 0 Å². The van der Waals surface area contributed by atoms with Crippen LogP contribution in [0.2, 0.25) is 10.0 Å². The fourth-order valence-corrected chi connectivity index (χ4v) is 7.28. The number of nitrogens with one attached hydrogen (secondary N) is 2. The molecule has 0 unspecified atom stereocenters. The Morgan fingerprint density at radius 1 is 0.806 bits per heavy atom. The summed E-state index contributed by atoms with van der Waals surface area (Å²) in [6.45, 7) is 0. The first-order valence-corrected chi connectivity index (χ1v) is 15.2. The fraction of sp³-hybridized carbons (Fsp3) is 0.105. The molecule has 0 aliphatic carbocycles. The summed E-state index contributed by atoms with van der Waals surface area (Å²) in [5, 5.41) is 13.0. The van der Waals surface area contributed by atoms with Crippen molar-refractivity contribution in [1.29, 1.82) is 0 Å². The van der Waals surface area contributed by atoms with E-state index in [2.05, 4.69) is 25.1 Å². The van der Waals surface area contributed by atoms with Gasteiger partial charge in [-0.25, -0.2) is 25.3 Å². The maximum absolute atomic E-state index is 13.0. The highest BCUT2D eigenvalue weighted by Gasteiger charge is 2.32. The molecule has 4 aromatic rings. The van der Waals surface area contributed by atoms with Crippen LogP contribution in [0, 0.1) is 0 Å². The van der Waals surface area contributed by atoms with E-state index in [9.17, 15) is 25.3 Å². The van der Waals surface area contributed by atoms with Crippen molar-refractivity contribution in [3.05, 3.63) is 76.6 Å². The Hall–Kier alpha value is -2.98. The van der Waals surface area contributed by atoms with Crippen molar-refractivity contribution in [1.82, 2.24) is 20.4 Å². The van der Waals surface area contributed by atoms with Crippen LogP contribution in [0.15, 0.2) is 74.0 Å². The van der Waals surface area contributed by atoms with Gasteiger partial charge < -0.3 is 4.42 Å².